The van der Waals surface area contributed by atoms with Crippen LogP contribution in [-0.4, -0.2) is 0 Å². The third kappa shape index (κ3) is 2.49. The van der Waals surface area contributed by atoms with E-state index in [4.69, 9.17) is 0 Å². The van der Waals surface area contributed by atoms with Gasteiger partial charge in [-0.25, -0.2) is 0 Å². The molecule has 1 atom stereocenters. The second kappa shape index (κ2) is 6.79. The first-order valence-corrected chi connectivity index (χ1v) is 12.2. The molecule has 1 unspecified atom stereocenters. The van der Waals surface area contributed by atoms with Crippen LogP contribution < -0.4 is 0 Å². The van der Waals surface area contributed by atoms with E-state index in [0.717, 1.165) is 6.42 Å². The maximum atomic E-state index is 2.49. The van der Waals surface area contributed by atoms with E-state index in [-0.39, 0.29) is 0 Å². The van der Waals surface area contributed by atoms with E-state index in [0.29, 0.717) is 5.92 Å². The van der Waals surface area contributed by atoms with E-state index >= 15 is 0 Å². The average Bonchev–Trinajstić information content (AvgIpc) is 3.23. The molecule has 0 nitrogen and oxygen atoms in total. The number of thiophene rings is 1. The summed E-state index contributed by atoms with van der Waals surface area (Å²) in [7, 11) is 0. The molecule has 0 fully saturated rings. The van der Waals surface area contributed by atoms with Gasteiger partial charge in [0, 0.05) is 20.2 Å². The van der Waals surface area contributed by atoms with E-state index < -0.39 is 0 Å². The zero-order valence-corrected chi connectivity index (χ0v) is 18.7. The highest BCUT2D eigenvalue weighted by molar-refractivity contribution is 7.26. The van der Waals surface area contributed by atoms with Crippen molar-refractivity contribution in [1.29, 1.82) is 0 Å². The highest BCUT2D eigenvalue weighted by Gasteiger charge is 2.24. The van der Waals surface area contributed by atoms with Gasteiger partial charge >= 0.3 is 0 Å². The van der Waals surface area contributed by atoms with Gasteiger partial charge in [-0.05, 0) is 62.2 Å². The predicted octanol–water partition coefficient (Wildman–Crippen LogP) is 9.41. The molecule has 7 rings (SSSR count). The van der Waals surface area contributed by atoms with Crippen molar-refractivity contribution in [2.24, 2.45) is 0 Å². The maximum absolute atomic E-state index is 2.49. The fourth-order valence-corrected chi connectivity index (χ4v) is 6.99. The zero-order valence-electron chi connectivity index (χ0n) is 17.9. The van der Waals surface area contributed by atoms with E-state index in [1.807, 2.05) is 11.3 Å². The van der Waals surface area contributed by atoms with Gasteiger partial charge in [-0.3, -0.25) is 0 Å². The van der Waals surface area contributed by atoms with Crippen molar-refractivity contribution in [2.75, 3.05) is 0 Å². The minimum Gasteiger partial charge on any atom is -0.135 e. The average molecular weight is 427 g/mol. The summed E-state index contributed by atoms with van der Waals surface area (Å²) < 4.78 is 2.79. The summed E-state index contributed by atoms with van der Waals surface area (Å²) in [6.07, 6.45) is 3.56. The molecule has 32 heavy (non-hydrogen) atoms. The molecule has 1 heteroatoms. The molecule has 0 bridgehead atoms. The number of hydrogen-bond acceptors (Lipinski definition) is 1. The molecule has 1 aliphatic rings. The first-order chi connectivity index (χ1) is 15.8. The van der Waals surface area contributed by atoms with Crippen molar-refractivity contribution >= 4 is 64.7 Å². The van der Waals surface area contributed by atoms with Crippen LogP contribution in [0.3, 0.4) is 0 Å². The Morgan fingerprint density at radius 2 is 1.25 bits per heavy atom. The fourth-order valence-electron chi connectivity index (χ4n) is 5.74. The van der Waals surface area contributed by atoms with Crippen molar-refractivity contribution in [3.05, 3.63) is 108 Å². The number of allylic oxidation sites excluding steroid dienone is 1. The number of rotatable bonds is 1. The molecule has 1 aliphatic carbocycles. The van der Waals surface area contributed by atoms with Crippen LogP contribution in [0.1, 0.15) is 36.0 Å². The molecular formula is C31H22S. The SMILES string of the molecule is CC1CC(c2cccc3c2sc2ccccc23)=Cc2c1c1ccccc1c1ccccc21. The monoisotopic (exact) mass is 426 g/mol. The Morgan fingerprint density at radius 1 is 0.625 bits per heavy atom. The molecule has 1 aromatic heterocycles. The molecule has 5 aromatic carbocycles. The fraction of sp³-hybridized carbons (Fsp3) is 0.0968. The largest absolute Gasteiger partial charge is 0.135 e. The minimum atomic E-state index is 0.476. The summed E-state index contributed by atoms with van der Waals surface area (Å²) in [4.78, 5) is 0. The van der Waals surface area contributed by atoms with Gasteiger partial charge in [0.15, 0.2) is 0 Å². The molecule has 6 aromatic rings. The van der Waals surface area contributed by atoms with Crippen LogP contribution in [0.2, 0.25) is 0 Å². The highest BCUT2D eigenvalue weighted by Crippen LogP contribution is 2.47. The van der Waals surface area contributed by atoms with Crippen LogP contribution in [0, 0.1) is 0 Å². The lowest BCUT2D eigenvalue weighted by atomic mass is 9.77. The normalized spacial score (nSPS) is 16.0. The first kappa shape index (κ1) is 18.2. The smallest absolute Gasteiger partial charge is 0.0430 e. The molecule has 1 heterocycles. The minimum absolute atomic E-state index is 0.476. The van der Waals surface area contributed by atoms with Crippen LogP contribution in [0.4, 0.5) is 0 Å². The molecule has 0 amide bonds. The summed E-state index contributed by atoms with van der Waals surface area (Å²) >= 11 is 1.93. The van der Waals surface area contributed by atoms with Gasteiger partial charge < -0.3 is 0 Å². The molecule has 0 spiro atoms. The standard InChI is InChI=1S/C31H22S/c1-19-17-20(21-14-8-15-27-25-12-6-7-16-29(25)32-31(21)27)18-28-24-11-3-2-9-22(24)23-10-4-5-13-26(23)30(19)28/h2-16,18-19H,17H2,1H3. The van der Waals surface area contributed by atoms with Gasteiger partial charge in [-0.1, -0.05) is 97.9 Å². The Bertz CT molecular complexity index is 1710. The summed E-state index contributed by atoms with van der Waals surface area (Å²) in [6.45, 7) is 2.40. The van der Waals surface area contributed by atoms with Crippen molar-refractivity contribution in [3.63, 3.8) is 0 Å². The van der Waals surface area contributed by atoms with Crippen molar-refractivity contribution in [3.8, 4) is 0 Å². The van der Waals surface area contributed by atoms with Crippen LogP contribution in [0.15, 0.2) is 91.0 Å². The molecular weight excluding hydrogens is 404 g/mol. The lowest BCUT2D eigenvalue weighted by Crippen LogP contribution is -2.06. The summed E-state index contributed by atoms with van der Waals surface area (Å²) in [5.74, 6) is 0.476. The van der Waals surface area contributed by atoms with Gasteiger partial charge in [0.05, 0.1) is 0 Å². The van der Waals surface area contributed by atoms with Crippen LogP contribution in [0.5, 0.6) is 0 Å². The summed E-state index contributed by atoms with van der Waals surface area (Å²) in [5, 5.41) is 8.25. The highest BCUT2D eigenvalue weighted by atomic mass is 32.1. The molecule has 152 valence electrons. The number of benzene rings is 5. The second-order valence-corrected chi connectivity index (χ2v) is 10.0. The Kier molecular flexibility index (Phi) is 3.86. The quantitative estimate of drug-likeness (QED) is 0.230. The summed E-state index contributed by atoms with van der Waals surface area (Å²) in [6, 6.07) is 33.5. The molecule has 0 aliphatic heterocycles. The van der Waals surface area contributed by atoms with Gasteiger partial charge in [0.25, 0.3) is 0 Å². The third-order valence-corrected chi connectivity index (χ3v) is 8.32. The lowest BCUT2D eigenvalue weighted by Gasteiger charge is -2.27. The topological polar surface area (TPSA) is 0 Å². The Morgan fingerprint density at radius 3 is 2.06 bits per heavy atom. The molecule has 0 saturated heterocycles. The van der Waals surface area contributed by atoms with Gasteiger partial charge in [0.2, 0.25) is 0 Å². The van der Waals surface area contributed by atoms with Gasteiger partial charge in [-0.15, -0.1) is 11.3 Å². The first-order valence-electron chi connectivity index (χ1n) is 11.3. The van der Waals surface area contributed by atoms with E-state index in [9.17, 15) is 0 Å². The lowest BCUT2D eigenvalue weighted by molar-refractivity contribution is 0.793. The van der Waals surface area contributed by atoms with Crippen molar-refractivity contribution < 1.29 is 0 Å². The molecule has 0 radical (unpaired) electrons. The van der Waals surface area contributed by atoms with Crippen molar-refractivity contribution in [2.45, 2.75) is 19.3 Å². The van der Waals surface area contributed by atoms with Crippen LogP contribution >= 0.6 is 11.3 Å². The predicted molar refractivity (Wildman–Crippen MR) is 142 cm³/mol. The molecule has 0 saturated carbocycles. The van der Waals surface area contributed by atoms with E-state index in [2.05, 4.69) is 104 Å². The second-order valence-electron chi connectivity index (χ2n) is 8.97. The zero-order chi connectivity index (χ0) is 21.2. The third-order valence-electron chi connectivity index (χ3n) is 7.10. The maximum Gasteiger partial charge on any atom is 0.0430 e. The van der Waals surface area contributed by atoms with Gasteiger partial charge in [0.1, 0.15) is 0 Å². The van der Waals surface area contributed by atoms with E-state index in [1.54, 1.807) is 0 Å². The van der Waals surface area contributed by atoms with Crippen molar-refractivity contribution in [1.82, 2.24) is 0 Å². The number of fused-ring (bicyclic) bond motifs is 9. The van der Waals surface area contributed by atoms with Crippen LogP contribution in [0.25, 0.3) is 53.4 Å². The Hall–Kier alpha value is -3.42. The van der Waals surface area contributed by atoms with E-state index in [1.165, 1.54) is 64.0 Å². The van der Waals surface area contributed by atoms with Crippen LogP contribution in [-0.2, 0) is 0 Å². The summed E-state index contributed by atoms with van der Waals surface area (Å²) in [5.41, 5.74) is 5.78. The van der Waals surface area contributed by atoms with Gasteiger partial charge in [-0.2, -0.15) is 0 Å². The Labute approximate surface area is 191 Å². The number of hydrogen-bond donors (Lipinski definition) is 0. The Balaban J connectivity index is 1.56. The molecule has 0 N–H and O–H groups in total.